The zero-order valence-corrected chi connectivity index (χ0v) is 20.4. The molecule has 0 spiro atoms. The number of amides is 2. The van der Waals surface area contributed by atoms with E-state index in [1.54, 1.807) is 27.0 Å². The summed E-state index contributed by atoms with van der Waals surface area (Å²) in [5.41, 5.74) is 2.16. The minimum atomic E-state index is -0.720. The smallest absolute Gasteiger partial charge is 0.338 e. The summed E-state index contributed by atoms with van der Waals surface area (Å²) in [5, 5.41) is 5.66. The molecule has 0 saturated carbocycles. The minimum Gasteiger partial charge on any atom is -0.493 e. The number of rotatable bonds is 11. The van der Waals surface area contributed by atoms with Crippen LogP contribution in [0.25, 0.3) is 5.70 Å². The van der Waals surface area contributed by atoms with Crippen molar-refractivity contribution in [2.75, 3.05) is 13.7 Å². The van der Waals surface area contributed by atoms with Gasteiger partial charge in [0.15, 0.2) is 11.5 Å². The number of carbonyl (C=O) groups excluding carboxylic acids is 2. The van der Waals surface area contributed by atoms with Gasteiger partial charge in [0.25, 0.3) is 0 Å². The third-order valence-electron chi connectivity index (χ3n) is 5.47. The molecule has 1 atom stereocenters. The number of esters is 1. The monoisotopic (exact) mass is 466 g/mol. The molecule has 0 aliphatic carbocycles. The Hall–Kier alpha value is -3.48. The Morgan fingerprint density at radius 2 is 1.79 bits per heavy atom. The first-order valence-electron chi connectivity index (χ1n) is 11.8. The lowest BCUT2D eigenvalue weighted by molar-refractivity contribution is -0.143. The molecule has 2 aromatic carbocycles. The Morgan fingerprint density at radius 1 is 1.03 bits per heavy atom. The van der Waals surface area contributed by atoms with Crippen LogP contribution in [0.2, 0.25) is 0 Å². The van der Waals surface area contributed by atoms with E-state index in [-0.39, 0.29) is 6.10 Å². The maximum Gasteiger partial charge on any atom is 0.338 e. The van der Waals surface area contributed by atoms with Crippen molar-refractivity contribution in [1.82, 2.24) is 10.6 Å². The second kappa shape index (κ2) is 12.1. The molecule has 2 amide bonds. The van der Waals surface area contributed by atoms with Crippen LogP contribution < -0.4 is 20.1 Å². The average molecular weight is 467 g/mol. The molecule has 1 heterocycles. The summed E-state index contributed by atoms with van der Waals surface area (Å²) in [7, 11) is 1.57. The second-order valence-corrected chi connectivity index (χ2v) is 8.46. The molecule has 182 valence electrons. The quantitative estimate of drug-likeness (QED) is 0.343. The van der Waals surface area contributed by atoms with Gasteiger partial charge in [-0.05, 0) is 43.5 Å². The highest BCUT2D eigenvalue weighted by molar-refractivity contribution is 6.04. The van der Waals surface area contributed by atoms with E-state index in [9.17, 15) is 9.59 Å². The molecule has 0 radical (unpaired) electrons. The van der Waals surface area contributed by atoms with Crippen LogP contribution in [0.15, 0.2) is 54.1 Å². The van der Waals surface area contributed by atoms with Crippen molar-refractivity contribution in [3.63, 3.8) is 0 Å². The number of carbonyl (C=O) groups is 2. The molecule has 2 aromatic rings. The van der Waals surface area contributed by atoms with Crippen LogP contribution in [-0.2, 0) is 9.53 Å². The number of unbranched alkanes of at least 4 members (excludes halogenated alkanes) is 3. The van der Waals surface area contributed by atoms with E-state index in [0.717, 1.165) is 18.4 Å². The van der Waals surface area contributed by atoms with Crippen LogP contribution in [-0.4, -0.2) is 31.8 Å². The van der Waals surface area contributed by atoms with Crippen LogP contribution in [0.3, 0.4) is 0 Å². The number of ether oxygens (including phenoxy) is 3. The SMILES string of the molecule is CCCCCCOc1ccc(C2NC(=O)NC(c3ccccc3)=C2C(=O)OC(C)C)cc1OC. The molecule has 2 N–H and O–H groups in total. The first kappa shape index (κ1) is 25.1. The number of nitrogens with one attached hydrogen (secondary N) is 2. The Balaban J connectivity index is 1.98. The van der Waals surface area contributed by atoms with E-state index in [2.05, 4.69) is 17.6 Å². The van der Waals surface area contributed by atoms with E-state index in [4.69, 9.17) is 14.2 Å². The fourth-order valence-electron chi connectivity index (χ4n) is 3.84. The summed E-state index contributed by atoms with van der Waals surface area (Å²) in [4.78, 5) is 25.8. The Morgan fingerprint density at radius 3 is 2.47 bits per heavy atom. The first-order valence-corrected chi connectivity index (χ1v) is 11.8. The van der Waals surface area contributed by atoms with Crippen LogP contribution in [0.1, 0.15) is 63.6 Å². The molecule has 3 rings (SSSR count). The molecule has 0 saturated heterocycles. The van der Waals surface area contributed by atoms with Crippen molar-refractivity contribution >= 4 is 17.7 Å². The number of hydrogen-bond acceptors (Lipinski definition) is 5. The van der Waals surface area contributed by atoms with Crippen molar-refractivity contribution < 1.29 is 23.8 Å². The molecule has 0 fully saturated rings. The predicted molar refractivity (Wildman–Crippen MR) is 132 cm³/mol. The van der Waals surface area contributed by atoms with Gasteiger partial charge in [-0.15, -0.1) is 0 Å². The standard InChI is InChI=1S/C27H34N2O5/c1-5-6-7-11-16-33-21-15-14-20(17-22(21)32-4)25-23(26(30)34-18(2)3)24(28-27(31)29-25)19-12-9-8-10-13-19/h8-10,12-15,17-18,25H,5-7,11,16H2,1-4H3,(H2,28,29,31). The van der Waals surface area contributed by atoms with Gasteiger partial charge < -0.3 is 24.8 Å². The zero-order chi connectivity index (χ0) is 24.5. The topological polar surface area (TPSA) is 85.9 Å². The lowest BCUT2D eigenvalue weighted by Gasteiger charge is -2.30. The normalized spacial score (nSPS) is 15.6. The third kappa shape index (κ3) is 6.31. The Kier molecular flexibility index (Phi) is 8.96. The van der Waals surface area contributed by atoms with Crippen LogP contribution in [0.4, 0.5) is 4.79 Å². The van der Waals surface area contributed by atoms with Gasteiger partial charge in [-0.25, -0.2) is 9.59 Å². The number of hydrogen-bond donors (Lipinski definition) is 2. The van der Waals surface area contributed by atoms with E-state index in [1.807, 2.05) is 42.5 Å². The summed E-state index contributed by atoms with van der Waals surface area (Å²) in [6, 6.07) is 13.6. The van der Waals surface area contributed by atoms with Gasteiger partial charge in [-0.3, -0.25) is 0 Å². The highest BCUT2D eigenvalue weighted by atomic mass is 16.5. The molecule has 34 heavy (non-hydrogen) atoms. The molecule has 0 aromatic heterocycles. The molecular formula is C27H34N2O5. The van der Waals surface area contributed by atoms with E-state index < -0.39 is 18.0 Å². The van der Waals surface area contributed by atoms with Crippen molar-refractivity contribution in [1.29, 1.82) is 0 Å². The maximum absolute atomic E-state index is 13.2. The maximum atomic E-state index is 13.2. The van der Waals surface area contributed by atoms with Gasteiger partial charge in [0, 0.05) is 0 Å². The first-order chi connectivity index (χ1) is 16.4. The highest BCUT2D eigenvalue weighted by Crippen LogP contribution is 2.36. The number of urea groups is 1. The summed E-state index contributed by atoms with van der Waals surface area (Å²) in [6.07, 6.45) is 4.12. The van der Waals surface area contributed by atoms with E-state index in [1.165, 1.54) is 12.8 Å². The van der Waals surface area contributed by atoms with E-state index in [0.29, 0.717) is 34.9 Å². The molecule has 1 aliphatic heterocycles. The van der Waals surface area contributed by atoms with Gasteiger partial charge in [-0.1, -0.05) is 62.6 Å². The largest absolute Gasteiger partial charge is 0.493 e. The lowest BCUT2D eigenvalue weighted by atomic mass is 9.92. The zero-order valence-electron chi connectivity index (χ0n) is 20.4. The Bertz CT molecular complexity index is 1020. The fourth-order valence-corrected chi connectivity index (χ4v) is 3.84. The third-order valence-corrected chi connectivity index (χ3v) is 5.47. The molecular weight excluding hydrogens is 432 g/mol. The molecule has 7 nitrogen and oxygen atoms in total. The van der Waals surface area contributed by atoms with Crippen molar-refractivity contribution in [2.45, 2.75) is 58.6 Å². The van der Waals surface area contributed by atoms with Gasteiger partial charge in [0.05, 0.1) is 37.1 Å². The second-order valence-electron chi connectivity index (χ2n) is 8.46. The fraction of sp³-hybridized carbons (Fsp3) is 0.407. The van der Waals surface area contributed by atoms with Gasteiger partial charge in [0.2, 0.25) is 0 Å². The summed E-state index contributed by atoms with van der Waals surface area (Å²) >= 11 is 0. The van der Waals surface area contributed by atoms with E-state index >= 15 is 0 Å². The van der Waals surface area contributed by atoms with Gasteiger partial charge in [0.1, 0.15) is 0 Å². The predicted octanol–water partition coefficient (Wildman–Crippen LogP) is 5.37. The van der Waals surface area contributed by atoms with Crippen molar-refractivity contribution in [3.05, 3.63) is 65.2 Å². The van der Waals surface area contributed by atoms with Crippen LogP contribution in [0, 0.1) is 0 Å². The average Bonchev–Trinajstić information content (AvgIpc) is 2.83. The van der Waals surface area contributed by atoms with Crippen LogP contribution in [0.5, 0.6) is 11.5 Å². The summed E-state index contributed by atoms with van der Waals surface area (Å²) in [5.74, 6) is 0.668. The summed E-state index contributed by atoms with van der Waals surface area (Å²) in [6.45, 7) is 6.36. The van der Waals surface area contributed by atoms with Crippen molar-refractivity contribution in [3.8, 4) is 11.5 Å². The number of methoxy groups -OCH3 is 1. The Labute approximate surface area is 201 Å². The molecule has 7 heteroatoms. The van der Waals surface area contributed by atoms with Gasteiger partial charge in [-0.2, -0.15) is 0 Å². The lowest BCUT2D eigenvalue weighted by Crippen LogP contribution is -2.45. The van der Waals surface area contributed by atoms with Gasteiger partial charge >= 0.3 is 12.0 Å². The molecule has 1 unspecified atom stereocenters. The molecule has 1 aliphatic rings. The summed E-state index contributed by atoms with van der Waals surface area (Å²) < 4.78 is 17.0. The molecule has 0 bridgehead atoms. The number of benzene rings is 2. The minimum absolute atomic E-state index is 0.312. The highest BCUT2D eigenvalue weighted by Gasteiger charge is 2.35. The van der Waals surface area contributed by atoms with Crippen molar-refractivity contribution in [2.24, 2.45) is 0 Å². The van der Waals surface area contributed by atoms with Crippen LogP contribution >= 0.6 is 0 Å².